The number of hydrogen-bond donors (Lipinski definition) is 2. The van der Waals surface area contributed by atoms with Crippen molar-refractivity contribution in [2.24, 2.45) is 0 Å². The van der Waals surface area contributed by atoms with Gasteiger partial charge >= 0.3 is 5.97 Å². The van der Waals surface area contributed by atoms with Crippen LogP contribution in [0.3, 0.4) is 0 Å². The number of esters is 1. The largest absolute Gasteiger partial charge is 0.462 e. The number of amides is 1. The molecule has 1 saturated heterocycles. The SMILES string of the molecule is CCOC(=O)/C(C#N)=C1\N[C@H](C)[C@H](C)NC1=O. The van der Waals surface area contributed by atoms with Crippen LogP contribution in [0.4, 0.5) is 0 Å². The van der Waals surface area contributed by atoms with E-state index in [1.54, 1.807) is 13.0 Å². The van der Waals surface area contributed by atoms with Crippen LogP contribution in [0, 0.1) is 11.3 Å². The maximum atomic E-state index is 11.7. The zero-order valence-electron chi connectivity index (χ0n) is 10.0. The number of nitrogens with zero attached hydrogens (tertiary/aromatic N) is 1. The number of nitrogens with one attached hydrogen (secondary N) is 2. The van der Waals surface area contributed by atoms with Crippen molar-refractivity contribution in [3.8, 4) is 6.07 Å². The van der Waals surface area contributed by atoms with Crippen molar-refractivity contribution in [1.29, 1.82) is 5.26 Å². The quantitative estimate of drug-likeness (QED) is 0.395. The van der Waals surface area contributed by atoms with Crippen LogP contribution in [0.25, 0.3) is 0 Å². The number of carbonyl (C=O) groups is 2. The zero-order valence-corrected chi connectivity index (χ0v) is 10.0. The van der Waals surface area contributed by atoms with E-state index in [1.165, 1.54) is 0 Å². The van der Waals surface area contributed by atoms with Crippen LogP contribution in [0.15, 0.2) is 11.3 Å². The van der Waals surface area contributed by atoms with Gasteiger partial charge in [0.15, 0.2) is 5.57 Å². The fraction of sp³-hybridized carbons (Fsp3) is 0.545. The molecular weight excluding hydrogens is 222 g/mol. The molecule has 0 unspecified atom stereocenters. The maximum absolute atomic E-state index is 11.7. The Morgan fingerprint density at radius 2 is 2.00 bits per heavy atom. The highest BCUT2D eigenvalue weighted by molar-refractivity contribution is 6.05. The minimum absolute atomic E-state index is 0.0171. The third-order valence-corrected chi connectivity index (χ3v) is 2.55. The summed E-state index contributed by atoms with van der Waals surface area (Å²) in [5, 5.41) is 14.4. The minimum Gasteiger partial charge on any atom is -0.462 e. The Bertz CT molecular complexity index is 409. The molecule has 92 valence electrons. The molecule has 0 aromatic rings. The lowest BCUT2D eigenvalue weighted by molar-refractivity contribution is -0.138. The Kier molecular flexibility index (Phi) is 4.10. The van der Waals surface area contributed by atoms with Gasteiger partial charge in [-0.2, -0.15) is 5.26 Å². The van der Waals surface area contributed by atoms with Gasteiger partial charge in [-0.25, -0.2) is 4.79 Å². The van der Waals surface area contributed by atoms with E-state index in [0.29, 0.717) is 0 Å². The van der Waals surface area contributed by atoms with Crippen molar-refractivity contribution in [2.45, 2.75) is 32.9 Å². The molecular formula is C11H15N3O3. The summed E-state index contributed by atoms with van der Waals surface area (Å²) < 4.78 is 4.72. The molecule has 0 bridgehead atoms. The molecule has 0 saturated carbocycles. The highest BCUT2D eigenvalue weighted by Crippen LogP contribution is 2.11. The predicted molar refractivity (Wildman–Crippen MR) is 59.5 cm³/mol. The van der Waals surface area contributed by atoms with E-state index >= 15 is 0 Å². The lowest BCUT2D eigenvalue weighted by atomic mass is 10.1. The summed E-state index contributed by atoms with van der Waals surface area (Å²) in [7, 11) is 0. The predicted octanol–water partition coefficient (Wildman–Crippen LogP) is -0.176. The normalized spacial score (nSPS) is 26.4. The van der Waals surface area contributed by atoms with E-state index in [-0.39, 0.29) is 30.0 Å². The van der Waals surface area contributed by atoms with Crippen LogP contribution in [-0.4, -0.2) is 30.6 Å². The summed E-state index contributed by atoms with van der Waals surface area (Å²) in [6, 6.07) is 1.59. The van der Waals surface area contributed by atoms with Crippen molar-refractivity contribution in [1.82, 2.24) is 10.6 Å². The Morgan fingerprint density at radius 3 is 2.53 bits per heavy atom. The molecule has 0 aromatic heterocycles. The van der Waals surface area contributed by atoms with Crippen molar-refractivity contribution >= 4 is 11.9 Å². The molecule has 0 aromatic carbocycles. The molecule has 1 amide bonds. The van der Waals surface area contributed by atoms with Gasteiger partial charge in [-0.05, 0) is 20.8 Å². The third-order valence-electron chi connectivity index (χ3n) is 2.55. The summed E-state index contributed by atoms with van der Waals surface area (Å²) >= 11 is 0. The molecule has 1 rings (SSSR count). The van der Waals surface area contributed by atoms with Crippen LogP contribution >= 0.6 is 0 Å². The van der Waals surface area contributed by atoms with Gasteiger partial charge in [-0.3, -0.25) is 4.79 Å². The van der Waals surface area contributed by atoms with Gasteiger partial charge in [0.25, 0.3) is 5.91 Å². The van der Waals surface area contributed by atoms with Crippen LogP contribution in [0.5, 0.6) is 0 Å². The number of rotatable bonds is 2. The summed E-state index contributed by atoms with van der Waals surface area (Å²) in [6.45, 7) is 5.48. The molecule has 2 N–H and O–H groups in total. The number of hydrogen-bond acceptors (Lipinski definition) is 5. The fourth-order valence-electron chi connectivity index (χ4n) is 1.41. The van der Waals surface area contributed by atoms with Crippen molar-refractivity contribution in [2.75, 3.05) is 6.61 Å². The van der Waals surface area contributed by atoms with E-state index < -0.39 is 11.9 Å². The molecule has 1 aliphatic rings. The second-order valence-electron chi connectivity index (χ2n) is 3.78. The van der Waals surface area contributed by atoms with E-state index in [0.717, 1.165) is 0 Å². The van der Waals surface area contributed by atoms with Gasteiger partial charge in [0, 0.05) is 12.1 Å². The smallest absolute Gasteiger partial charge is 0.351 e. The number of nitriles is 1. The van der Waals surface area contributed by atoms with Gasteiger partial charge in [0.1, 0.15) is 11.8 Å². The van der Waals surface area contributed by atoms with Gasteiger partial charge in [-0.15, -0.1) is 0 Å². The fourth-order valence-corrected chi connectivity index (χ4v) is 1.41. The zero-order chi connectivity index (χ0) is 13.0. The highest BCUT2D eigenvalue weighted by Gasteiger charge is 2.30. The lowest BCUT2D eigenvalue weighted by Gasteiger charge is -2.30. The summed E-state index contributed by atoms with van der Waals surface area (Å²) in [5.74, 6) is -1.24. The Balaban J connectivity index is 3.05. The number of ether oxygens (including phenoxy) is 1. The minimum atomic E-state index is -0.783. The summed E-state index contributed by atoms with van der Waals surface area (Å²) in [4.78, 5) is 23.2. The molecule has 1 heterocycles. The number of piperazine rings is 1. The standard InChI is InChI=1S/C11H15N3O3/c1-4-17-11(16)8(5-12)9-10(15)14-7(3)6(2)13-9/h6-7,13H,4H2,1-3H3,(H,14,15)/b9-8-/t6-,7+/m1/s1. The van der Waals surface area contributed by atoms with Crippen LogP contribution < -0.4 is 10.6 Å². The first kappa shape index (κ1) is 13.0. The Morgan fingerprint density at radius 1 is 1.41 bits per heavy atom. The Hall–Kier alpha value is -2.03. The van der Waals surface area contributed by atoms with Crippen LogP contribution in [0.2, 0.25) is 0 Å². The van der Waals surface area contributed by atoms with Crippen molar-refractivity contribution in [3.63, 3.8) is 0 Å². The Labute approximate surface area is 99.6 Å². The second kappa shape index (κ2) is 5.34. The van der Waals surface area contributed by atoms with E-state index in [2.05, 4.69) is 10.6 Å². The molecule has 1 aliphatic heterocycles. The molecule has 0 radical (unpaired) electrons. The molecule has 0 spiro atoms. The van der Waals surface area contributed by atoms with Crippen molar-refractivity contribution < 1.29 is 14.3 Å². The molecule has 6 heteroatoms. The van der Waals surface area contributed by atoms with Crippen LogP contribution in [-0.2, 0) is 14.3 Å². The average Bonchev–Trinajstić information content (AvgIpc) is 2.26. The molecule has 17 heavy (non-hydrogen) atoms. The lowest BCUT2D eigenvalue weighted by Crippen LogP contribution is -2.55. The van der Waals surface area contributed by atoms with E-state index in [9.17, 15) is 9.59 Å². The van der Waals surface area contributed by atoms with E-state index in [1.807, 2.05) is 13.8 Å². The number of carbonyl (C=O) groups excluding carboxylic acids is 2. The molecule has 6 nitrogen and oxygen atoms in total. The van der Waals surface area contributed by atoms with Gasteiger partial charge in [0.05, 0.1) is 6.61 Å². The summed E-state index contributed by atoms with van der Waals surface area (Å²) in [6.07, 6.45) is 0. The topological polar surface area (TPSA) is 91.2 Å². The average molecular weight is 237 g/mol. The molecule has 2 atom stereocenters. The monoisotopic (exact) mass is 237 g/mol. The first-order chi connectivity index (χ1) is 8.01. The first-order valence-electron chi connectivity index (χ1n) is 5.40. The highest BCUT2D eigenvalue weighted by atomic mass is 16.5. The van der Waals surface area contributed by atoms with Gasteiger partial charge < -0.3 is 15.4 Å². The van der Waals surface area contributed by atoms with E-state index in [4.69, 9.17) is 10.00 Å². The second-order valence-corrected chi connectivity index (χ2v) is 3.78. The van der Waals surface area contributed by atoms with Gasteiger partial charge in [-0.1, -0.05) is 0 Å². The van der Waals surface area contributed by atoms with Crippen LogP contribution in [0.1, 0.15) is 20.8 Å². The third kappa shape index (κ3) is 2.75. The maximum Gasteiger partial charge on any atom is 0.351 e. The summed E-state index contributed by atoms with van der Waals surface area (Å²) in [5.41, 5.74) is -0.306. The molecule has 1 fully saturated rings. The first-order valence-corrected chi connectivity index (χ1v) is 5.40. The molecule has 0 aliphatic carbocycles. The van der Waals surface area contributed by atoms with Gasteiger partial charge in [0.2, 0.25) is 0 Å². The van der Waals surface area contributed by atoms with Crippen molar-refractivity contribution in [3.05, 3.63) is 11.3 Å².